The molecule has 1 fully saturated rings. The highest BCUT2D eigenvalue weighted by Crippen LogP contribution is 2.28. The van der Waals surface area contributed by atoms with Crippen LogP contribution in [0.5, 0.6) is 5.75 Å². The van der Waals surface area contributed by atoms with Gasteiger partial charge in [0, 0.05) is 6.04 Å². The highest BCUT2D eigenvalue weighted by molar-refractivity contribution is 5.36. The van der Waals surface area contributed by atoms with Gasteiger partial charge in [-0.15, -0.1) is 0 Å². The molecule has 1 saturated carbocycles. The van der Waals surface area contributed by atoms with E-state index in [1.807, 2.05) is 6.92 Å². The van der Waals surface area contributed by atoms with E-state index in [1.165, 1.54) is 43.2 Å². The number of hydrogen-bond donors (Lipinski definition) is 1. The largest absolute Gasteiger partial charge is 0.494 e. The van der Waals surface area contributed by atoms with Crippen LogP contribution in [0, 0.1) is 12.8 Å². The number of benzene rings is 1. The number of nitrogens with one attached hydrogen (secondary N) is 1. The summed E-state index contributed by atoms with van der Waals surface area (Å²) in [5.41, 5.74) is 2.73. The summed E-state index contributed by atoms with van der Waals surface area (Å²) < 4.78 is 5.60. The van der Waals surface area contributed by atoms with Crippen LogP contribution in [0.3, 0.4) is 0 Å². The Morgan fingerprint density at radius 2 is 1.95 bits per heavy atom. The normalized spacial score (nSPS) is 23.3. The Kier molecular flexibility index (Phi) is 5.26. The van der Waals surface area contributed by atoms with Crippen LogP contribution >= 0.6 is 0 Å². The highest BCUT2D eigenvalue weighted by atomic mass is 16.5. The van der Waals surface area contributed by atoms with Gasteiger partial charge in [-0.05, 0) is 76.1 Å². The van der Waals surface area contributed by atoms with E-state index in [0.29, 0.717) is 0 Å². The molecule has 2 nitrogen and oxygen atoms in total. The molecule has 0 amide bonds. The van der Waals surface area contributed by atoms with E-state index in [4.69, 9.17) is 4.74 Å². The van der Waals surface area contributed by atoms with Crippen LogP contribution in [0.25, 0.3) is 0 Å². The molecule has 1 aromatic rings. The van der Waals surface area contributed by atoms with Crippen molar-refractivity contribution in [2.24, 2.45) is 5.92 Å². The zero-order valence-corrected chi connectivity index (χ0v) is 12.5. The van der Waals surface area contributed by atoms with E-state index in [1.54, 1.807) is 0 Å². The van der Waals surface area contributed by atoms with Crippen molar-refractivity contribution in [1.82, 2.24) is 5.32 Å². The fourth-order valence-electron chi connectivity index (χ4n) is 3.14. The maximum atomic E-state index is 5.60. The lowest BCUT2D eigenvalue weighted by Crippen LogP contribution is -2.30. The van der Waals surface area contributed by atoms with Crippen molar-refractivity contribution in [1.29, 1.82) is 0 Å². The molecule has 2 rings (SSSR count). The fraction of sp³-hybridized carbons (Fsp3) is 0.647. The SMILES string of the molecule is CCOc1ccc(CC2CCC(NC)CC2)cc1C. The van der Waals surface area contributed by atoms with E-state index < -0.39 is 0 Å². The Balaban J connectivity index is 1.91. The van der Waals surface area contributed by atoms with Crippen molar-refractivity contribution in [3.8, 4) is 5.75 Å². The summed E-state index contributed by atoms with van der Waals surface area (Å²) >= 11 is 0. The van der Waals surface area contributed by atoms with Crippen molar-refractivity contribution in [3.05, 3.63) is 29.3 Å². The minimum atomic E-state index is 0.744. The van der Waals surface area contributed by atoms with Gasteiger partial charge in [0.05, 0.1) is 6.61 Å². The number of ether oxygens (including phenoxy) is 1. The van der Waals surface area contributed by atoms with Crippen molar-refractivity contribution in [2.45, 2.75) is 52.0 Å². The van der Waals surface area contributed by atoms with Crippen molar-refractivity contribution >= 4 is 0 Å². The average molecular weight is 261 g/mol. The van der Waals surface area contributed by atoms with Gasteiger partial charge in [0.2, 0.25) is 0 Å². The predicted molar refractivity (Wildman–Crippen MR) is 80.9 cm³/mol. The summed E-state index contributed by atoms with van der Waals surface area (Å²) in [6, 6.07) is 7.42. The molecule has 0 saturated heterocycles. The standard InChI is InChI=1S/C17H27NO/c1-4-19-17-10-7-15(11-13(17)2)12-14-5-8-16(18-3)9-6-14/h7,10-11,14,16,18H,4-6,8-9,12H2,1-3H3. The predicted octanol–water partition coefficient (Wildman–Crippen LogP) is 3.71. The zero-order chi connectivity index (χ0) is 13.7. The van der Waals surface area contributed by atoms with Crippen LogP contribution in [0.2, 0.25) is 0 Å². The molecule has 0 radical (unpaired) electrons. The maximum Gasteiger partial charge on any atom is 0.122 e. The molecule has 2 heteroatoms. The molecule has 0 bridgehead atoms. The quantitative estimate of drug-likeness (QED) is 0.872. The molecule has 19 heavy (non-hydrogen) atoms. The number of aryl methyl sites for hydroxylation is 1. The van der Waals surface area contributed by atoms with Gasteiger partial charge in [-0.1, -0.05) is 12.1 Å². The summed E-state index contributed by atoms with van der Waals surface area (Å²) in [5.74, 6) is 1.90. The van der Waals surface area contributed by atoms with Gasteiger partial charge in [0.25, 0.3) is 0 Å². The van der Waals surface area contributed by atoms with Gasteiger partial charge in [-0.2, -0.15) is 0 Å². The zero-order valence-electron chi connectivity index (χ0n) is 12.5. The first-order valence-electron chi connectivity index (χ1n) is 7.62. The van der Waals surface area contributed by atoms with Gasteiger partial charge >= 0.3 is 0 Å². The Morgan fingerprint density at radius 1 is 1.21 bits per heavy atom. The topological polar surface area (TPSA) is 21.3 Å². The molecule has 0 atom stereocenters. The molecular formula is C17H27NO. The third-order valence-electron chi connectivity index (χ3n) is 4.32. The third-order valence-corrected chi connectivity index (χ3v) is 4.32. The van der Waals surface area contributed by atoms with Crippen molar-refractivity contribution < 1.29 is 4.74 Å². The average Bonchev–Trinajstić information content (AvgIpc) is 2.43. The van der Waals surface area contributed by atoms with E-state index in [0.717, 1.165) is 24.3 Å². The summed E-state index contributed by atoms with van der Waals surface area (Å²) in [7, 11) is 2.08. The van der Waals surface area contributed by atoms with Crippen LogP contribution in [-0.2, 0) is 6.42 Å². The molecular weight excluding hydrogens is 234 g/mol. The number of hydrogen-bond acceptors (Lipinski definition) is 2. The molecule has 0 spiro atoms. The molecule has 0 aromatic heterocycles. The third kappa shape index (κ3) is 3.97. The molecule has 1 N–H and O–H groups in total. The van der Waals surface area contributed by atoms with Gasteiger partial charge in [-0.25, -0.2) is 0 Å². The van der Waals surface area contributed by atoms with Gasteiger partial charge in [0.1, 0.15) is 5.75 Å². The minimum Gasteiger partial charge on any atom is -0.494 e. The second-order valence-electron chi connectivity index (χ2n) is 5.74. The van der Waals surface area contributed by atoms with E-state index in [2.05, 4.69) is 37.5 Å². The van der Waals surface area contributed by atoms with E-state index in [9.17, 15) is 0 Å². The van der Waals surface area contributed by atoms with Crippen LogP contribution in [0.15, 0.2) is 18.2 Å². The van der Waals surface area contributed by atoms with Crippen LogP contribution in [0.4, 0.5) is 0 Å². The summed E-state index contributed by atoms with van der Waals surface area (Å²) in [6.45, 7) is 4.92. The fourth-order valence-corrected chi connectivity index (χ4v) is 3.14. The molecule has 0 heterocycles. The molecule has 1 aliphatic carbocycles. The van der Waals surface area contributed by atoms with Crippen molar-refractivity contribution in [2.75, 3.05) is 13.7 Å². The Hall–Kier alpha value is -1.02. The second-order valence-corrected chi connectivity index (χ2v) is 5.74. The van der Waals surface area contributed by atoms with E-state index in [-0.39, 0.29) is 0 Å². The first kappa shape index (κ1) is 14.4. The first-order chi connectivity index (χ1) is 9.22. The summed E-state index contributed by atoms with van der Waals surface area (Å²) in [5, 5.41) is 3.40. The smallest absolute Gasteiger partial charge is 0.122 e. The molecule has 0 aliphatic heterocycles. The maximum absolute atomic E-state index is 5.60. The molecule has 106 valence electrons. The lowest BCUT2D eigenvalue weighted by atomic mass is 9.82. The van der Waals surface area contributed by atoms with Crippen molar-refractivity contribution in [3.63, 3.8) is 0 Å². The van der Waals surface area contributed by atoms with Gasteiger partial charge in [-0.3, -0.25) is 0 Å². The summed E-state index contributed by atoms with van der Waals surface area (Å²) in [6.07, 6.45) is 6.60. The minimum absolute atomic E-state index is 0.744. The monoisotopic (exact) mass is 261 g/mol. The second kappa shape index (κ2) is 6.95. The van der Waals surface area contributed by atoms with Gasteiger partial charge < -0.3 is 10.1 Å². The van der Waals surface area contributed by atoms with Gasteiger partial charge in [0.15, 0.2) is 0 Å². The number of rotatable bonds is 5. The molecule has 0 unspecified atom stereocenters. The Bertz CT molecular complexity index is 394. The van der Waals surface area contributed by atoms with Crippen LogP contribution in [-0.4, -0.2) is 19.7 Å². The Labute approximate surface area is 117 Å². The first-order valence-corrected chi connectivity index (χ1v) is 7.62. The van der Waals surface area contributed by atoms with Crippen LogP contribution in [0.1, 0.15) is 43.7 Å². The molecule has 1 aromatic carbocycles. The molecule has 1 aliphatic rings. The van der Waals surface area contributed by atoms with E-state index >= 15 is 0 Å². The lowest BCUT2D eigenvalue weighted by molar-refractivity contribution is 0.300. The Morgan fingerprint density at radius 3 is 2.53 bits per heavy atom. The lowest BCUT2D eigenvalue weighted by Gasteiger charge is -2.28. The summed E-state index contributed by atoms with van der Waals surface area (Å²) in [4.78, 5) is 0. The highest BCUT2D eigenvalue weighted by Gasteiger charge is 2.20. The van der Waals surface area contributed by atoms with Crippen LogP contribution < -0.4 is 10.1 Å².